The third-order valence-electron chi connectivity index (χ3n) is 5.02. The molecular weight excluding hydrogens is 320 g/mol. The fraction of sp³-hybridized carbons (Fsp3) is 0.412. The number of nitrogens with one attached hydrogen (secondary N) is 1. The maximum atomic E-state index is 13.1. The average Bonchev–Trinajstić information content (AvgIpc) is 3.19. The van der Waals surface area contributed by atoms with Gasteiger partial charge in [0.1, 0.15) is 6.33 Å². The number of anilines is 2. The molecule has 1 aromatic carbocycles. The highest BCUT2D eigenvalue weighted by Gasteiger charge is 2.36. The van der Waals surface area contributed by atoms with Gasteiger partial charge in [0.15, 0.2) is 0 Å². The summed E-state index contributed by atoms with van der Waals surface area (Å²) in [5, 5.41) is 6.71. The number of piperazine rings is 1. The molecule has 1 fully saturated rings. The predicted molar refractivity (Wildman–Crippen MR) is 92.4 cm³/mol. The van der Waals surface area contributed by atoms with Gasteiger partial charge in [0.05, 0.1) is 5.92 Å². The summed E-state index contributed by atoms with van der Waals surface area (Å²) in [6, 6.07) is 7.66. The summed E-state index contributed by atoms with van der Waals surface area (Å²) in [4.78, 5) is 35.1. The quantitative estimate of drug-likeness (QED) is 0.865. The van der Waals surface area contributed by atoms with Crippen LogP contribution >= 0.6 is 0 Å². The van der Waals surface area contributed by atoms with Gasteiger partial charge < -0.3 is 14.7 Å². The second kappa shape index (κ2) is 6.19. The van der Waals surface area contributed by atoms with Crippen molar-refractivity contribution in [3.63, 3.8) is 0 Å². The molecule has 0 aliphatic carbocycles. The first-order valence-corrected chi connectivity index (χ1v) is 8.39. The molecule has 1 aromatic heterocycles. The Kier molecular flexibility index (Phi) is 3.87. The Hall–Kier alpha value is -2.90. The molecule has 25 heavy (non-hydrogen) atoms. The van der Waals surface area contributed by atoms with Crippen LogP contribution in [0, 0.1) is 0 Å². The number of hydrogen-bond donors (Lipinski definition) is 1. The number of aromatic amines is 1. The van der Waals surface area contributed by atoms with Crippen molar-refractivity contribution in [2.75, 3.05) is 43.0 Å². The molecule has 8 heteroatoms. The Bertz CT molecular complexity index is 782. The third kappa shape index (κ3) is 2.73. The summed E-state index contributed by atoms with van der Waals surface area (Å²) in [5.41, 5.74) is 1.77. The van der Waals surface area contributed by atoms with Gasteiger partial charge >= 0.3 is 0 Å². The summed E-state index contributed by atoms with van der Waals surface area (Å²) in [5.74, 6) is 0.354. The highest BCUT2D eigenvalue weighted by Crippen LogP contribution is 2.36. The number of amides is 2. The van der Waals surface area contributed by atoms with E-state index >= 15 is 0 Å². The van der Waals surface area contributed by atoms with E-state index in [4.69, 9.17) is 0 Å². The van der Waals surface area contributed by atoms with E-state index in [0.717, 1.165) is 17.2 Å². The summed E-state index contributed by atoms with van der Waals surface area (Å²) >= 11 is 0. The van der Waals surface area contributed by atoms with Crippen LogP contribution in [0.15, 0.2) is 30.6 Å². The third-order valence-corrected chi connectivity index (χ3v) is 5.02. The van der Waals surface area contributed by atoms with Crippen LogP contribution in [-0.2, 0) is 9.59 Å². The fourth-order valence-corrected chi connectivity index (χ4v) is 3.57. The largest absolute Gasteiger partial charge is 0.339 e. The highest BCUT2D eigenvalue weighted by molar-refractivity contribution is 6.02. The first-order chi connectivity index (χ1) is 12.1. The molecule has 0 radical (unpaired) electrons. The zero-order valence-corrected chi connectivity index (χ0v) is 14.1. The molecule has 1 N–H and O–H groups in total. The van der Waals surface area contributed by atoms with Gasteiger partial charge in [-0.1, -0.05) is 18.2 Å². The molecule has 8 nitrogen and oxygen atoms in total. The lowest BCUT2D eigenvalue weighted by Gasteiger charge is -2.38. The molecule has 4 rings (SSSR count). The normalized spacial score (nSPS) is 20.6. The molecule has 0 bridgehead atoms. The van der Waals surface area contributed by atoms with E-state index < -0.39 is 5.92 Å². The van der Waals surface area contributed by atoms with Crippen molar-refractivity contribution >= 4 is 23.5 Å². The highest BCUT2D eigenvalue weighted by atomic mass is 16.2. The Balaban J connectivity index is 1.50. The lowest BCUT2D eigenvalue weighted by molar-refractivity contribution is -0.135. The van der Waals surface area contributed by atoms with Gasteiger partial charge in [-0.3, -0.25) is 9.59 Å². The molecule has 0 spiro atoms. The van der Waals surface area contributed by atoms with Crippen molar-refractivity contribution in [2.45, 2.75) is 12.3 Å². The first kappa shape index (κ1) is 15.6. The van der Waals surface area contributed by atoms with Gasteiger partial charge in [-0.15, -0.1) is 0 Å². The van der Waals surface area contributed by atoms with Crippen LogP contribution in [0.5, 0.6) is 0 Å². The number of H-pyrrole nitrogens is 1. The van der Waals surface area contributed by atoms with Crippen LogP contribution in [0.25, 0.3) is 0 Å². The summed E-state index contributed by atoms with van der Waals surface area (Å²) in [6.07, 6.45) is 1.71. The fourth-order valence-electron chi connectivity index (χ4n) is 3.57. The smallest absolute Gasteiger partial charge is 0.230 e. The minimum Gasteiger partial charge on any atom is -0.339 e. The Labute approximate surface area is 145 Å². The molecular formula is C17H20N6O2. The maximum Gasteiger partial charge on any atom is 0.230 e. The summed E-state index contributed by atoms with van der Waals surface area (Å²) in [7, 11) is 1.76. The minimum atomic E-state index is -0.392. The SMILES string of the molecule is CN1C(=O)C[C@@H](C(=O)N2CCN(c3ncn[nH]3)CC2)c2ccccc21. The molecule has 130 valence electrons. The van der Waals surface area contributed by atoms with Crippen LogP contribution in [0.2, 0.25) is 0 Å². The van der Waals surface area contributed by atoms with Gasteiger partial charge in [-0.2, -0.15) is 10.1 Å². The number of nitrogens with zero attached hydrogens (tertiary/aromatic N) is 5. The van der Waals surface area contributed by atoms with E-state index in [0.29, 0.717) is 26.2 Å². The van der Waals surface area contributed by atoms with Crippen molar-refractivity contribution < 1.29 is 9.59 Å². The molecule has 2 aliphatic heterocycles. The van der Waals surface area contributed by atoms with E-state index in [1.54, 1.807) is 11.9 Å². The zero-order valence-electron chi connectivity index (χ0n) is 14.1. The Morgan fingerprint density at radius 3 is 2.68 bits per heavy atom. The number of rotatable bonds is 2. The van der Waals surface area contributed by atoms with Crippen LogP contribution in [-0.4, -0.2) is 65.1 Å². The summed E-state index contributed by atoms with van der Waals surface area (Å²) in [6.45, 7) is 2.62. The van der Waals surface area contributed by atoms with Gasteiger partial charge in [0.25, 0.3) is 0 Å². The van der Waals surface area contributed by atoms with Gasteiger partial charge in [0.2, 0.25) is 17.8 Å². The number of carbonyl (C=O) groups excluding carboxylic acids is 2. The van der Waals surface area contributed by atoms with E-state index in [2.05, 4.69) is 20.1 Å². The van der Waals surface area contributed by atoms with E-state index in [1.165, 1.54) is 6.33 Å². The second-order valence-electron chi connectivity index (χ2n) is 6.39. The summed E-state index contributed by atoms with van der Waals surface area (Å²) < 4.78 is 0. The van der Waals surface area contributed by atoms with Crippen molar-refractivity contribution in [3.8, 4) is 0 Å². The number of carbonyl (C=O) groups is 2. The van der Waals surface area contributed by atoms with Crippen LogP contribution in [0.1, 0.15) is 17.9 Å². The van der Waals surface area contributed by atoms with Crippen molar-refractivity contribution in [2.24, 2.45) is 0 Å². The molecule has 0 unspecified atom stereocenters. The van der Waals surface area contributed by atoms with Crippen molar-refractivity contribution in [1.29, 1.82) is 0 Å². The molecule has 2 aliphatic rings. The number of aromatic nitrogens is 3. The first-order valence-electron chi connectivity index (χ1n) is 8.39. The van der Waals surface area contributed by atoms with Gasteiger partial charge in [-0.25, -0.2) is 5.10 Å². The molecule has 2 aromatic rings. The lowest BCUT2D eigenvalue weighted by Crippen LogP contribution is -2.51. The maximum absolute atomic E-state index is 13.1. The molecule has 3 heterocycles. The molecule has 0 saturated carbocycles. The Morgan fingerprint density at radius 2 is 1.96 bits per heavy atom. The minimum absolute atomic E-state index is 0.0163. The van der Waals surface area contributed by atoms with Gasteiger partial charge in [0, 0.05) is 45.3 Å². The number of fused-ring (bicyclic) bond motifs is 1. The zero-order chi connectivity index (χ0) is 17.4. The van der Waals surface area contributed by atoms with Crippen LogP contribution < -0.4 is 9.80 Å². The average molecular weight is 340 g/mol. The lowest BCUT2D eigenvalue weighted by atomic mass is 9.88. The predicted octanol–water partition coefficient (Wildman–Crippen LogP) is 0.604. The van der Waals surface area contributed by atoms with E-state index in [1.807, 2.05) is 29.2 Å². The van der Waals surface area contributed by atoms with Gasteiger partial charge in [-0.05, 0) is 11.6 Å². The van der Waals surface area contributed by atoms with Crippen molar-refractivity contribution in [3.05, 3.63) is 36.2 Å². The molecule has 1 saturated heterocycles. The van der Waals surface area contributed by atoms with Crippen molar-refractivity contribution in [1.82, 2.24) is 20.1 Å². The number of benzene rings is 1. The second-order valence-corrected chi connectivity index (χ2v) is 6.39. The monoisotopic (exact) mass is 340 g/mol. The number of para-hydroxylation sites is 1. The molecule has 2 amide bonds. The topological polar surface area (TPSA) is 85.4 Å². The standard InChI is InChI=1S/C17H20N6O2/c1-21-14-5-3-2-4-12(14)13(10-15(21)24)16(25)22-6-8-23(9-7-22)17-18-11-19-20-17/h2-5,11,13H,6-10H2,1H3,(H,18,19,20)/t13-/m1/s1. The Morgan fingerprint density at radius 1 is 1.20 bits per heavy atom. The van der Waals surface area contributed by atoms with Crippen LogP contribution in [0.3, 0.4) is 0 Å². The van der Waals surface area contributed by atoms with E-state index in [9.17, 15) is 9.59 Å². The number of hydrogen-bond acceptors (Lipinski definition) is 5. The molecule has 1 atom stereocenters. The van der Waals surface area contributed by atoms with Crippen LogP contribution in [0.4, 0.5) is 11.6 Å². The van der Waals surface area contributed by atoms with E-state index in [-0.39, 0.29) is 18.2 Å².